The van der Waals surface area contributed by atoms with Crippen molar-refractivity contribution in [3.63, 3.8) is 0 Å². The Balaban J connectivity index is 2.76. The van der Waals surface area contributed by atoms with Crippen molar-refractivity contribution in [2.24, 2.45) is 0 Å². The first kappa shape index (κ1) is 8.52. The minimum Gasteiger partial charge on any atom is -0.476 e. The second-order valence-electron chi connectivity index (χ2n) is 2.55. The van der Waals surface area contributed by atoms with E-state index in [9.17, 15) is 4.79 Å². The van der Waals surface area contributed by atoms with E-state index in [0.29, 0.717) is 4.96 Å². The minimum atomic E-state index is -1.10. The molecule has 0 aliphatic carbocycles. The fourth-order valence-electron chi connectivity index (χ4n) is 1.07. The first-order valence-electron chi connectivity index (χ1n) is 3.47. The van der Waals surface area contributed by atoms with E-state index in [2.05, 4.69) is 4.98 Å². The lowest BCUT2D eigenvalue weighted by Crippen LogP contribution is -1.97. The summed E-state index contributed by atoms with van der Waals surface area (Å²) < 4.78 is 1.57. The summed E-state index contributed by atoms with van der Waals surface area (Å²) in [5, 5.41) is 8.86. The van der Waals surface area contributed by atoms with E-state index in [1.807, 2.05) is 6.92 Å². The fraction of sp³-hybridized carbons (Fsp3) is 0.143. The van der Waals surface area contributed by atoms with Gasteiger partial charge in [0.1, 0.15) is 5.15 Å². The highest BCUT2D eigenvalue weighted by molar-refractivity contribution is 7.17. The van der Waals surface area contributed by atoms with Gasteiger partial charge in [-0.05, 0) is 6.92 Å². The smallest absolute Gasteiger partial charge is 0.357 e. The van der Waals surface area contributed by atoms with Gasteiger partial charge in [0, 0.05) is 11.1 Å². The molecule has 0 amide bonds. The van der Waals surface area contributed by atoms with Crippen LogP contribution in [0, 0.1) is 6.92 Å². The third-order valence-corrected chi connectivity index (χ3v) is 2.85. The molecule has 0 spiro atoms. The maximum absolute atomic E-state index is 10.6. The van der Waals surface area contributed by atoms with Gasteiger partial charge in [-0.1, -0.05) is 11.6 Å². The van der Waals surface area contributed by atoms with Crippen LogP contribution in [0.2, 0.25) is 5.15 Å². The molecule has 0 saturated heterocycles. The number of rotatable bonds is 1. The SMILES string of the molecule is Cc1cn2c(Cl)c(C(=O)O)nc2s1. The number of aromatic nitrogens is 2. The molecule has 6 heteroatoms. The number of fused-ring (bicyclic) bond motifs is 1. The summed E-state index contributed by atoms with van der Waals surface area (Å²) >= 11 is 7.20. The van der Waals surface area contributed by atoms with E-state index in [1.165, 1.54) is 11.3 Å². The van der Waals surface area contributed by atoms with E-state index in [1.54, 1.807) is 10.6 Å². The van der Waals surface area contributed by atoms with Crippen molar-refractivity contribution in [3.8, 4) is 0 Å². The van der Waals surface area contributed by atoms with Gasteiger partial charge in [-0.2, -0.15) is 0 Å². The van der Waals surface area contributed by atoms with E-state index in [4.69, 9.17) is 16.7 Å². The van der Waals surface area contributed by atoms with Gasteiger partial charge in [0.25, 0.3) is 0 Å². The highest BCUT2D eigenvalue weighted by Gasteiger charge is 2.17. The van der Waals surface area contributed by atoms with Crippen LogP contribution in [0.3, 0.4) is 0 Å². The topological polar surface area (TPSA) is 54.6 Å². The molecule has 0 aliphatic rings. The summed E-state index contributed by atoms with van der Waals surface area (Å²) in [4.78, 5) is 16.2. The Bertz CT molecular complexity index is 488. The van der Waals surface area contributed by atoms with Gasteiger partial charge in [0.15, 0.2) is 10.7 Å². The van der Waals surface area contributed by atoms with Gasteiger partial charge in [-0.3, -0.25) is 4.40 Å². The zero-order valence-electron chi connectivity index (χ0n) is 6.61. The highest BCUT2D eigenvalue weighted by atomic mass is 35.5. The molecule has 2 heterocycles. The van der Waals surface area contributed by atoms with Crippen LogP contribution in [-0.2, 0) is 0 Å². The van der Waals surface area contributed by atoms with Crippen molar-refractivity contribution >= 4 is 33.9 Å². The number of halogens is 1. The summed E-state index contributed by atoms with van der Waals surface area (Å²) in [7, 11) is 0. The second kappa shape index (κ2) is 2.71. The molecule has 0 fully saturated rings. The molecule has 0 bridgehead atoms. The van der Waals surface area contributed by atoms with Crippen molar-refractivity contribution in [3.05, 3.63) is 21.9 Å². The van der Waals surface area contributed by atoms with Gasteiger partial charge in [-0.15, -0.1) is 11.3 Å². The lowest BCUT2D eigenvalue weighted by molar-refractivity contribution is 0.0691. The number of imidazole rings is 1. The number of thiazole rings is 1. The number of hydrogen-bond acceptors (Lipinski definition) is 3. The fourth-order valence-corrected chi connectivity index (χ4v) is 2.19. The van der Waals surface area contributed by atoms with Gasteiger partial charge in [0.2, 0.25) is 0 Å². The molecule has 2 aromatic heterocycles. The Morgan fingerprint density at radius 3 is 3.00 bits per heavy atom. The normalized spacial score (nSPS) is 10.9. The summed E-state index contributed by atoms with van der Waals surface area (Å²) in [6, 6.07) is 0. The van der Waals surface area contributed by atoms with Crippen LogP contribution in [0.15, 0.2) is 6.20 Å². The molecular weight excluding hydrogens is 212 g/mol. The van der Waals surface area contributed by atoms with Crippen molar-refractivity contribution in [2.75, 3.05) is 0 Å². The maximum Gasteiger partial charge on any atom is 0.357 e. The molecule has 0 saturated carbocycles. The number of aryl methyl sites for hydroxylation is 1. The van der Waals surface area contributed by atoms with Crippen LogP contribution in [0.4, 0.5) is 0 Å². The zero-order chi connectivity index (χ0) is 9.59. The number of nitrogens with zero attached hydrogens (tertiary/aromatic N) is 2. The van der Waals surface area contributed by atoms with Crippen LogP contribution in [0.1, 0.15) is 15.4 Å². The van der Waals surface area contributed by atoms with Crippen LogP contribution in [0.5, 0.6) is 0 Å². The van der Waals surface area contributed by atoms with Crippen LogP contribution in [0.25, 0.3) is 4.96 Å². The van der Waals surface area contributed by atoms with Crippen LogP contribution >= 0.6 is 22.9 Å². The average Bonchev–Trinajstić information content (AvgIpc) is 2.51. The molecular formula is C7H5ClN2O2S. The summed E-state index contributed by atoms with van der Waals surface area (Å²) in [5.41, 5.74) is -0.0899. The van der Waals surface area contributed by atoms with Gasteiger partial charge in [0.05, 0.1) is 0 Å². The van der Waals surface area contributed by atoms with Crippen molar-refractivity contribution in [1.82, 2.24) is 9.38 Å². The van der Waals surface area contributed by atoms with Crippen LogP contribution in [-0.4, -0.2) is 20.5 Å². The first-order chi connectivity index (χ1) is 6.09. The molecule has 2 rings (SSSR count). The molecule has 68 valence electrons. The molecule has 13 heavy (non-hydrogen) atoms. The third kappa shape index (κ3) is 1.20. The third-order valence-electron chi connectivity index (χ3n) is 1.59. The quantitative estimate of drug-likeness (QED) is 0.794. The first-order valence-corrected chi connectivity index (χ1v) is 4.66. The molecule has 0 atom stereocenters. The second-order valence-corrected chi connectivity index (χ2v) is 4.12. The highest BCUT2D eigenvalue weighted by Crippen LogP contribution is 2.24. The number of aromatic carboxylic acids is 1. The van der Waals surface area contributed by atoms with Gasteiger partial charge in [-0.25, -0.2) is 9.78 Å². The molecule has 4 nitrogen and oxygen atoms in total. The Morgan fingerprint density at radius 1 is 1.77 bits per heavy atom. The van der Waals surface area contributed by atoms with E-state index < -0.39 is 5.97 Å². The minimum absolute atomic E-state index is 0.0899. The monoisotopic (exact) mass is 216 g/mol. The van der Waals surface area contributed by atoms with Crippen molar-refractivity contribution in [2.45, 2.75) is 6.92 Å². The van der Waals surface area contributed by atoms with E-state index >= 15 is 0 Å². The summed E-state index contributed by atoms with van der Waals surface area (Å²) in [6.07, 6.45) is 1.77. The Labute approximate surface area is 82.4 Å². The average molecular weight is 217 g/mol. The summed E-state index contributed by atoms with van der Waals surface area (Å²) in [5.74, 6) is -1.10. The lowest BCUT2D eigenvalue weighted by atomic mass is 10.5. The Kier molecular flexibility index (Phi) is 1.78. The standard InChI is InChI=1S/C7H5ClN2O2S/c1-3-2-10-5(8)4(6(11)12)9-7(10)13-3/h2H,1H3,(H,11,12). The van der Waals surface area contributed by atoms with Crippen LogP contribution < -0.4 is 0 Å². The predicted octanol–water partition coefficient (Wildman–Crippen LogP) is 2.06. The molecule has 0 unspecified atom stereocenters. The Hall–Kier alpha value is -1.07. The largest absolute Gasteiger partial charge is 0.476 e. The zero-order valence-corrected chi connectivity index (χ0v) is 8.19. The summed E-state index contributed by atoms with van der Waals surface area (Å²) in [6.45, 7) is 1.91. The maximum atomic E-state index is 10.6. The molecule has 0 radical (unpaired) electrons. The predicted molar refractivity (Wildman–Crippen MR) is 49.8 cm³/mol. The lowest BCUT2D eigenvalue weighted by Gasteiger charge is -1.87. The molecule has 0 aliphatic heterocycles. The van der Waals surface area contributed by atoms with Crippen molar-refractivity contribution < 1.29 is 9.90 Å². The van der Waals surface area contributed by atoms with Gasteiger partial charge < -0.3 is 5.11 Å². The van der Waals surface area contributed by atoms with Gasteiger partial charge >= 0.3 is 5.97 Å². The molecule has 1 N–H and O–H groups in total. The van der Waals surface area contributed by atoms with Crippen molar-refractivity contribution in [1.29, 1.82) is 0 Å². The number of carbonyl (C=O) groups is 1. The Morgan fingerprint density at radius 2 is 2.46 bits per heavy atom. The molecule has 2 aromatic rings. The number of carboxylic acids is 1. The molecule has 0 aromatic carbocycles. The van der Waals surface area contributed by atoms with E-state index in [-0.39, 0.29) is 10.8 Å². The number of hydrogen-bond donors (Lipinski definition) is 1. The van der Waals surface area contributed by atoms with E-state index in [0.717, 1.165) is 4.88 Å². The number of carboxylic acid groups (broad SMARTS) is 1.